The van der Waals surface area contributed by atoms with Gasteiger partial charge in [0.2, 0.25) is 0 Å². The van der Waals surface area contributed by atoms with Crippen LogP contribution in [0.15, 0.2) is 47.9 Å². The van der Waals surface area contributed by atoms with Gasteiger partial charge in [-0.25, -0.2) is 0 Å². The van der Waals surface area contributed by atoms with Crippen LogP contribution in [0.5, 0.6) is 0 Å². The maximum absolute atomic E-state index is 11.5. The minimum absolute atomic E-state index is 0. The standard InChI is InChI=1S/C13H12O3S.Mg.2H/c1-9(2)11-8-7-10-5-3-4-6-12(10)13(11)17(14,15)16;;;/h3-8H,1H2,2H3,(H,14,15,16);;;/q;+2;2*-1. The van der Waals surface area contributed by atoms with Crippen molar-refractivity contribution in [1.82, 2.24) is 0 Å². The fourth-order valence-electron chi connectivity index (χ4n) is 1.86. The average molecular weight is 275 g/mol. The molecule has 3 nitrogen and oxygen atoms in total. The van der Waals surface area contributed by atoms with Gasteiger partial charge in [-0.1, -0.05) is 43.0 Å². The second-order valence-electron chi connectivity index (χ2n) is 3.92. The molecule has 0 atom stereocenters. The van der Waals surface area contributed by atoms with Gasteiger partial charge in [-0.15, -0.1) is 0 Å². The molecule has 1 N–H and O–H groups in total. The van der Waals surface area contributed by atoms with E-state index in [4.69, 9.17) is 0 Å². The van der Waals surface area contributed by atoms with Crippen LogP contribution in [0, 0.1) is 0 Å². The van der Waals surface area contributed by atoms with E-state index in [0.717, 1.165) is 5.39 Å². The van der Waals surface area contributed by atoms with Crippen molar-refractivity contribution in [3.8, 4) is 0 Å². The molecule has 0 aliphatic carbocycles. The molecular weight excluding hydrogens is 261 g/mol. The predicted octanol–water partition coefficient (Wildman–Crippen LogP) is 2.96. The zero-order chi connectivity index (χ0) is 12.6. The maximum atomic E-state index is 11.5. The SMILES string of the molecule is C=C(C)c1ccc2ccccc2c1S(=O)(=O)O.[H-].[H-].[Mg+2]. The number of hydrogen-bond donors (Lipinski definition) is 1. The largest absolute Gasteiger partial charge is 2.00 e. The number of hydrogen-bond acceptors (Lipinski definition) is 2. The molecule has 0 spiro atoms. The first-order chi connectivity index (χ1) is 7.91. The topological polar surface area (TPSA) is 54.4 Å². The number of fused-ring (bicyclic) bond motifs is 1. The first kappa shape index (κ1) is 15.2. The summed E-state index contributed by atoms with van der Waals surface area (Å²) in [6, 6.07) is 10.5. The third-order valence-corrected chi connectivity index (χ3v) is 3.55. The molecule has 0 aliphatic rings. The van der Waals surface area contributed by atoms with E-state index in [2.05, 4.69) is 6.58 Å². The smallest absolute Gasteiger partial charge is 1.00 e. The third-order valence-electron chi connectivity index (χ3n) is 2.60. The summed E-state index contributed by atoms with van der Waals surface area (Å²) in [5.74, 6) is 0. The van der Waals surface area contributed by atoms with E-state index in [9.17, 15) is 13.0 Å². The van der Waals surface area contributed by atoms with Crippen molar-refractivity contribution < 1.29 is 15.8 Å². The van der Waals surface area contributed by atoms with Crippen molar-refractivity contribution in [2.45, 2.75) is 11.8 Å². The van der Waals surface area contributed by atoms with Gasteiger partial charge in [-0.3, -0.25) is 4.55 Å². The van der Waals surface area contributed by atoms with Crippen LogP contribution in [0.3, 0.4) is 0 Å². The summed E-state index contributed by atoms with van der Waals surface area (Å²) in [5.41, 5.74) is 1.05. The Balaban J connectivity index is 0. The van der Waals surface area contributed by atoms with Crippen molar-refractivity contribution in [3.05, 3.63) is 48.5 Å². The second kappa shape index (κ2) is 5.40. The van der Waals surface area contributed by atoms with Crippen molar-refractivity contribution in [2.24, 2.45) is 0 Å². The van der Waals surface area contributed by atoms with Crippen molar-refractivity contribution >= 4 is 49.5 Å². The van der Waals surface area contributed by atoms with E-state index in [0.29, 0.717) is 16.5 Å². The maximum Gasteiger partial charge on any atom is 2.00 e. The molecule has 18 heavy (non-hydrogen) atoms. The van der Waals surface area contributed by atoms with Gasteiger partial charge in [-0.05, 0) is 23.4 Å². The van der Waals surface area contributed by atoms with Crippen LogP contribution in [-0.4, -0.2) is 36.0 Å². The molecule has 0 aromatic heterocycles. The average Bonchev–Trinajstić information content (AvgIpc) is 2.26. The quantitative estimate of drug-likeness (QED) is 0.677. The Kier molecular flexibility index (Phi) is 4.55. The summed E-state index contributed by atoms with van der Waals surface area (Å²) < 4.78 is 32.3. The van der Waals surface area contributed by atoms with Crippen LogP contribution in [0.25, 0.3) is 16.3 Å². The van der Waals surface area contributed by atoms with Gasteiger partial charge in [-0.2, -0.15) is 8.42 Å². The van der Waals surface area contributed by atoms with E-state index in [1.165, 1.54) is 0 Å². The van der Waals surface area contributed by atoms with Gasteiger partial charge >= 0.3 is 23.1 Å². The third kappa shape index (κ3) is 2.75. The van der Waals surface area contributed by atoms with Gasteiger partial charge in [0.1, 0.15) is 4.90 Å². The number of rotatable bonds is 2. The zero-order valence-corrected chi connectivity index (χ0v) is 12.3. The van der Waals surface area contributed by atoms with E-state index >= 15 is 0 Å². The number of allylic oxidation sites excluding steroid dienone is 1. The van der Waals surface area contributed by atoms with Gasteiger partial charge in [0.25, 0.3) is 10.1 Å². The molecule has 0 aliphatic heterocycles. The van der Waals surface area contributed by atoms with E-state index in [-0.39, 0.29) is 30.8 Å². The van der Waals surface area contributed by atoms with Gasteiger partial charge in [0, 0.05) is 5.39 Å². The summed E-state index contributed by atoms with van der Waals surface area (Å²) in [6.07, 6.45) is 0. The van der Waals surface area contributed by atoms with Crippen molar-refractivity contribution in [3.63, 3.8) is 0 Å². The Bertz CT molecular complexity index is 715. The zero-order valence-electron chi connectivity index (χ0n) is 12.1. The second-order valence-corrected chi connectivity index (χ2v) is 5.28. The minimum Gasteiger partial charge on any atom is -1.00 e. The fraction of sp³-hybridized carbons (Fsp3) is 0.0769. The molecule has 0 amide bonds. The van der Waals surface area contributed by atoms with E-state index in [1.807, 2.05) is 12.1 Å². The van der Waals surface area contributed by atoms with Crippen LogP contribution in [-0.2, 0) is 10.1 Å². The summed E-state index contributed by atoms with van der Waals surface area (Å²) in [7, 11) is -4.27. The molecule has 5 heteroatoms. The fourth-order valence-corrected chi connectivity index (χ4v) is 2.84. The van der Waals surface area contributed by atoms with Crippen LogP contribution in [0.2, 0.25) is 0 Å². The monoisotopic (exact) mass is 274 g/mol. The molecule has 0 heterocycles. The normalized spacial score (nSPS) is 11.0. The molecule has 0 bridgehead atoms. The van der Waals surface area contributed by atoms with Crippen LogP contribution < -0.4 is 0 Å². The Morgan fingerprint density at radius 2 is 1.83 bits per heavy atom. The van der Waals surface area contributed by atoms with E-state index in [1.54, 1.807) is 31.2 Å². The molecule has 0 fully saturated rings. The molecule has 92 valence electrons. The molecule has 2 rings (SSSR count). The molecular formula is C13H14MgO3S. The van der Waals surface area contributed by atoms with E-state index < -0.39 is 10.1 Å². The van der Waals surface area contributed by atoms with Crippen molar-refractivity contribution in [1.29, 1.82) is 0 Å². The van der Waals surface area contributed by atoms with Gasteiger partial charge in [0.05, 0.1) is 0 Å². The summed E-state index contributed by atoms with van der Waals surface area (Å²) in [4.78, 5) is -0.0666. The van der Waals surface area contributed by atoms with Crippen LogP contribution in [0.1, 0.15) is 15.3 Å². The van der Waals surface area contributed by atoms with Crippen molar-refractivity contribution in [2.75, 3.05) is 0 Å². The van der Waals surface area contributed by atoms with Gasteiger partial charge < -0.3 is 2.85 Å². The molecule has 2 aromatic rings. The Hall–Kier alpha value is -0.884. The predicted molar refractivity (Wildman–Crippen MR) is 76.4 cm³/mol. The molecule has 2 aromatic carbocycles. The molecule has 0 unspecified atom stereocenters. The molecule has 0 saturated carbocycles. The Labute approximate surface area is 125 Å². The summed E-state index contributed by atoms with van der Waals surface area (Å²) in [5, 5.41) is 1.28. The molecule has 0 radical (unpaired) electrons. The Morgan fingerprint density at radius 3 is 2.39 bits per heavy atom. The first-order valence-electron chi connectivity index (χ1n) is 5.06. The van der Waals surface area contributed by atoms with Crippen LogP contribution >= 0.6 is 0 Å². The first-order valence-corrected chi connectivity index (χ1v) is 6.50. The molecule has 0 saturated heterocycles. The Morgan fingerprint density at radius 1 is 1.22 bits per heavy atom. The summed E-state index contributed by atoms with van der Waals surface area (Å²) >= 11 is 0. The van der Waals surface area contributed by atoms with Gasteiger partial charge in [0.15, 0.2) is 0 Å². The minimum atomic E-state index is -4.27. The summed E-state index contributed by atoms with van der Waals surface area (Å²) in [6.45, 7) is 5.44. The van der Waals surface area contributed by atoms with Crippen LogP contribution in [0.4, 0.5) is 0 Å². The number of benzene rings is 2.